The van der Waals surface area contributed by atoms with Gasteiger partial charge in [0.25, 0.3) is 0 Å². The molecule has 1 unspecified atom stereocenters. The highest BCUT2D eigenvalue weighted by Crippen LogP contribution is 2.09. The number of hydrogen-bond donors (Lipinski definition) is 1. The lowest BCUT2D eigenvalue weighted by atomic mass is 10.0. The minimum absolute atomic E-state index is 0.0102. The fourth-order valence-electron chi connectivity index (χ4n) is 1.67. The van der Waals surface area contributed by atoms with Gasteiger partial charge in [-0.25, -0.2) is 0 Å². The Morgan fingerprint density at radius 2 is 2.18 bits per heavy atom. The number of amides is 1. The summed E-state index contributed by atoms with van der Waals surface area (Å²) in [7, 11) is 0. The summed E-state index contributed by atoms with van der Waals surface area (Å²) in [5.74, 6) is 0.0102. The smallest absolute Gasteiger partial charge is 0.220 e. The molecular weight excluding hydrogens is 212 g/mol. The van der Waals surface area contributed by atoms with Gasteiger partial charge in [0.2, 0.25) is 5.91 Å². The van der Waals surface area contributed by atoms with Gasteiger partial charge in [0.05, 0.1) is 12.5 Å². The molecule has 1 amide bonds. The van der Waals surface area contributed by atoms with Crippen LogP contribution in [-0.2, 0) is 11.2 Å². The zero-order valence-corrected chi connectivity index (χ0v) is 10.4. The van der Waals surface area contributed by atoms with Crippen molar-refractivity contribution in [2.75, 3.05) is 0 Å². The van der Waals surface area contributed by atoms with Gasteiger partial charge in [-0.1, -0.05) is 24.3 Å². The van der Waals surface area contributed by atoms with E-state index in [1.165, 1.54) is 11.1 Å². The van der Waals surface area contributed by atoms with Crippen molar-refractivity contribution in [1.29, 1.82) is 5.26 Å². The fourth-order valence-corrected chi connectivity index (χ4v) is 1.67. The summed E-state index contributed by atoms with van der Waals surface area (Å²) in [5, 5.41) is 11.3. The molecule has 0 heterocycles. The van der Waals surface area contributed by atoms with Gasteiger partial charge in [-0.3, -0.25) is 4.79 Å². The van der Waals surface area contributed by atoms with Crippen molar-refractivity contribution in [2.45, 2.75) is 39.2 Å². The highest BCUT2D eigenvalue weighted by molar-refractivity contribution is 5.76. The molecule has 1 N–H and O–H groups in total. The normalized spacial score (nSPS) is 11.6. The Kier molecular flexibility index (Phi) is 5.22. The van der Waals surface area contributed by atoms with Gasteiger partial charge in [0.1, 0.15) is 0 Å². The molecule has 1 rings (SSSR count). The molecule has 0 spiro atoms. The van der Waals surface area contributed by atoms with Gasteiger partial charge in [-0.2, -0.15) is 5.26 Å². The molecule has 0 radical (unpaired) electrons. The van der Waals surface area contributed by atoms with Crippen molar-refractivity contribution < 1.29 is 4.79 Å². The van der Waals surface area contributed by atoms with E-state index in [-0.39, 0.29) is 11.9 Å². The number of carbonyl (C=O) groups excluding carboxylic acids is 1. The molecule has 3 nitrogen and oxygen atoms in total. The molecule has 0 aliphatic carbocycles. The van der Waals surface area contributed by atoms with E-state index < -0.39 is 0 Å². The Morgan fingerprint density at radius 1 is 1.47 bits per heavy atom. The Balaban J connectivity index is 2.39. The summed E-state index contributed by atoms with van der Waals surface area (Å²) in [6.45, 7) is 3.89. The van der Waals surface area contributed by atoms with Crippen LogP contribution < -0.4 is 5.32 Å². The highest BCUT2D eigenvalue weighted by Gasteiger charge is 2.07. The molecule has 0 aliphatic heterocycles. The van der Waals surface area contributed by atoms with Crippen molar-refractivity contribution >= 4 is 5.91 Å². The van der Waals surface area contributed by atoms with Crippen LogP contribution in [0.1, 0.15) is 30.9 Å². The second-order valence-corrected chi connectivity index (χ2v) is 4.26. The SMILES string of the molecule is Cc1ccccc1CCC(=O)NC(C)CC#N. The van der Waals surface area contributed by atoms with Crippen LogP contribution in [0.3, 0.4) is 0 Å². The van der Waals surface area contributed by atoms with Crippen LogP contribution in [0.5, 0.6) is 0 Å². The molecule has 1 aromatic rings. The lowest BCUT2D eigenvalue weighted by molar-refractivity contribution is -0.121. The first kappa shape index (κ1) is 13.2. The van der Waals surface area contributed by atoms with Crippen LogP contribution >= 0.6 is 0 Å². The van der Waals surface area contributed by atoms with Crippen molar-refractivity contribution in [1.82, 2.24) is 5.32 Å². The summed E-state index contributed by atoms with van der Waals surface area (Å²) in [6.07, 6.45) is 1.58. The predicted octanol–water partition coefficient (Wildman–Crippen LogP) is 2.35. The second-order valence-electron chi connectivity index (χ2n) is 4.26. The Morgan fingerprint density at radius 3 is 2.82 bits per heavy atom. The van der Waals surface area contributed by atoms with Crippen LogP contribution in [0.2, 0.25) is 0 Å². The number of nitrogens with zero attached hydrogens (tertiary/aromatic N) is 1. The molecule has 3 heteroatoms. The van der Waals surface area contributed by atoms with E-state index in [1.54, 1.807) is 0 Å². The van der Waals surface area contributed by atoms with Crippen molar-refractivity contribution in [3.8, 4) is 6.07 Å². The molecule has 0 aromatic heterocycles. The average Bonchev–Trinajstić information content (AvgIpc) is 2.28. The van der Waals surface area contributed by atoms with Gasteiger partial charge < -0.3 is 5.32 Å². The molecule has 1 aromatic carbocycles. The number of benzene rings is 1. The molecule has 17 heavy (non-hydrogen) atoms. The van der Waals surface area contributed by atoms with Gasteiger partial charge in [0, 0.05) is 12.5 Å². The van der Waals surface area contributed by atoms with E-state index in [1.807, 2.05) is 44.2 Å². The average molecular weight is 230 g/mol. The topological polar surface area (TPSA) is 52.9 Å². The van der Waals surface area contributed by atoms with Crippen LogP contribution in [0.15, 0.2) is 24.3 Å². The second kappa shape index (κ2) is 6.70. The number of rotatable bonds is 5. The third kappa shape index (κ3) is 4.69. The zero-order valence-electron chi connectivity index (χ0n) is 10.4. The lowest BCUT2D eigenvalue weighted by Gasteiger charge is -2.10. The fraction of sp³-hybridized carbons (Fsp3) is 0.429. The molecule has 1 atom stereocenters. The Labute approximate surface area is 102 Å². The maximum Gasteiger partial charge on any atom is 0.220 e. The van der Waals surface area contributed by atoms with Gasteiger partial charge in [0.15, 0.2) is 0 Å². The van der Waals surface area contributed by atoms with Gasteiger partial charge in [-0.15, -0.1) is 0 Å². The van der Waals surface area contributed by atoms with Gasteiger partial charge in [-0.05, 0) is 31.4 Å². The molecule has 0 fully saturated rings. The maximum absolute atomic E-state index is 11.6. The monoisotopic (exact) mass is 230 g/mol. The highest BCUT2D eigenvalue weighted by atomic mass is 16.1. The molecule has 0 aliphatic rings. The molecule has 0 saturated carbocycles. The van der Waals surface area contributed by atoms with E-state index >= 15 is 0 Å². The van der Waals surface area contributed by atoms with E-state index in [9.17, 15) is 4.79 Å². The molecule has 0 bridgehead atoms. The number of hydrogen-bond acceptors (Lipinski definition) is 2. The molecule has 0 saturated heterocycles. The van der Waals surface area contributed by atoms with Crippen LogP contribution in [0.4, 0.5) is 0 Å². The van der Waals surface area contributed by atoms with Crippen molar-refractivity contribution in [3.05, 3.63) is 35.4 Å². The van der Waals surface area contributed by atoms with E-state index in [4.69, 9.17) is 5.26 Å². The number of aryl methyl sites for hydroxylation is 2. The van der Waals surface area contributed by atoms with Crippen molar-refractivity contribution in [3.63, 3.8) is 0 Å². The lowest BCUT2D eigenvalue weighted by Crippen LogP contribution is -2.32. The largest absolute Gasteiger partial charge is 0.353 e. The molecular formula is C14H18N2O. The number of nitrogens with one attached hydrogen (secondary N) is 1. The standard InChI is InChI=1S/C14H18N2O/c1-11-5-3-4-6-13(11)7-8-14(17)16-12(2)9-10-15/h3-6,12H,7-9H2,1-2H3,(H,16,17). The summed E-state index contributed by atoms with van der Waals surface area (Å²) >= 11 is 0. The van der Waals surface area contributed by atoms with E-state index in [0.717, 1.165) is 6.42 Å². The quantitative estimate of drug-likeness (QED) is 0.844. The maximum atomic E-state index is 11.6. The Bertz CT molecular complexity index is 420. The first-order valence-electron chi connectivity index (χ1n) is 5.84. The van der Waals surface area contributed by atoms with Crippen molar-refractivity contribution in [2.24, 2.45) is 0 Å². The molecule has 90 valence electrons. The first-order chi connectivity index (χ1) is 8.13. The summed E-state index contributed by atoms with van der Waals surface area (Å²) in [4.78, 5) is 11.6. The third-order valence-corrected chi connectivity index (χ3v) is 2.69. The number of carbonyl (C=O) groups is 1. The first-order valence-corrected chi connectivity index (χ1v) is 5.84. The third-order valence-electron chi connectivity index (χ3n) is 2.69. The number of nitriles is 1. The summed E-state index contributed by atoms with van der Waals surface area (Å²) in [5.41, 5.74) is 2.42. The van der Waals surface area contributed by atoms with Crippen LogP contribution in [0, 0.1) is 18.3 Å². The summed E-state index contributed by atoms with van der Waals surface area (Å²) in [6, 6.07) is 10.0. The minimum Gasteiger partial charge on any atom is -0.353 e. The van der Waals surface area contributed by atoms with Crippen LogP contribution in [-0.4, -0.2) is 11.9 Å². The van der Waals surface area contributed by atoms with Crippen LogP contribution in [0.25, 0.3) is 0 Å². The van der Waals surface area contributed by atoms with E-state index in [2.05, 4.69) is 5.32 Å². The summed E-state index contributed by atoms with van der Waals surface area (Å²) < 4.78 is 0. The van der Waals surface area contributed by atoms with E-state index in [0.29, 0.717) is 12.8 Å². The zero-order chi connectivity index (χ0) is 12.7. The van der Waals surface area contributed by atoms with Gasteiger partial charge >= 0.3 is 0 Å². The predicted molar refractivity (Wildman–Crippen MR) is 67.3 cm³/mol. The minimum atomic E-state index is -0.0654. The Hall–Kier alpha value is -1.82.